The van der Waals surface area contributed by atoms with Crippen LogP contribution in [-0.4, -0.2) is 41.2 Å². The Balaban J connectivity index is 1.70. The first-order chi connectivity index (χ1) is 11.5. The van der Waals surface area contributed by atoms with Crippen LogP contribution in [0.1, 0.15) is 30.9 Å². The molecule has 128 valence electrons. The SMILES string of the molecule is CC(C)c1ccc(CN2CCN(c3nccs3)CC2)c(=O)c(O)c1. The van der Waals surface area contributed by atoms with Gasteiger partial charge in [-0.2, -0.15) is 0 Å². The van der Waals surface area contributed by atoms with Gasteiger partial charge in [0.25, 0.3) is 0 Å². The molecule has 0 saturated carbocycles. The molecule has 0 radical (unpaired) electrons. The number of hydrogen-bond donors (Lipinski definition) is 1. The minimum atomic E-state index is -0.260. The van der Waals surface area contributed by atoms with Gasteiger partial charge in [0.15, 0.2) is 10.9 Å². The molecule has 0 amide bonds. The van der Waals surface area contributed by atoms with Crippen LogP contribution in [0.4, 0.5) is 5.13 Å². The molecule has 24 heavy (non-hydrogen) atoms. The molecule has 0 unspecified atom stereocenters. The Kier molecular flexibility index (Phi) is 5.16. The van der Waals surface area contributed by atoms with Gasteiger partial charge in [0, 0.05) is 49.9 Å². The van der Waals surface area contributed by atoms with Gasteiger partial charge in [0.2, 0.25) is 5.43 Å². The maximum Gasteiger partial charge on any atom is 0.224 e. The molecule has 1 fully saturated rings. The summed E-state index contributed by atoms with van der Waals surface area (Å²) >= 11 is 1.66. The molecule has 0 bridgehead atoms. The highest BCUT2D eigenvalue weighted by atomic mass is 32.1. The van der Waals surface area contributed by atoms with Crippen molar-refractivity contribution in [3.63, 3.8) is 0 Å². The lowest BCUT2D eigenvalue weighted by Crippen LogP contribution is -2.46. The number of rotatable bonds is 4. The van der Waals surface area contributed by atoms with Crippen LogP contribution in [-0.2, 0) is 6.54 Å². The molecule has 1 N–H and O–H groups in total. The predicted octanol–water partition coefficient (Wildman–Crippen LogP) is 2.65. The predicted molar refractivity (Wildman–Crippen MR) is 98.1 cm³/mol. The zero-order valence-electron chi connectivity index (χ0n) is 14.1. The largest absolute Gasteiger partial charge is 0.504 e. The van der Waals surface area contributed by atoms with Gasteiger partial charge in [-0.1, -0.05) is 26.0 Å². The standard InChI is InChI=1S/C18H23N3O2S/c1-13(2)14-3-4-15(17(23)16(22)11-14)12-20-6-8-21(9-7-20)18-19-5-10-24-18/h3-5,10-11,13H,6-9,12H2,1-2H3,(H,22,23). The molecule has 1 saturated heterocycles. The molecule has 0 aliphatic carbocycles. The first kappa shape index (κ1) is 16.9. The van der Waals surface area contributed by atoms with Gasteiger partial charge in [-0.15, -0.1) is 11.3 Å². The number of aromatic nitrogens is 1. The van der Waals surface area contributed by atoms with Crippen LogP contribution in [0, 0.1) is 0 Å². The van der Waals surface area contributed by atoms with Gasteiger partial charge in [-0.25, -0.2) is 4.98 Å². The first-order valence-electron chi connectivity index (χ1n) is 8.27. The van der Waals surface area contributed by atoms with E-state index < -0.39 is 0 Å². The van der Waals surface area contributed by atoms with E-state index >= 15 is 0 Å². The second kappa shape index (κ2) is 7.32. The van der Waals surface area contributed by atoms with E-state index in [4.69, 9.17) is 0 Å². The number of nitrogens with zero attached hydrogens (tertiary/aromatic N) is 3. The number of hydrogen-bond acceptors (Lipinski definition) is 6. The average Bonchev–Trinajstić information content (AvgIpc) is 3.06. The number of aromatic hydroxyl groups is 1. The summed E-state index contributed by atoms with van der Waals surface area (Å²) < 4.78 is 0. The summed E-state index contributed by atoms with van der Waals surface area (Å²) in [6, 6.07) is 5.41. The Morgan fingerprint density at radius 1 is 1.25 bits per heavy atom. The smallest absolute Gasteiger partial charge is 0.224 e. The van der Waals surface area contributed by atoms with Crippen LogP contribution in [0.5, 0.6) is 5.75 Å². The van der Waals surface area contributed by atoms with Crippen LogP contribution in [0.15, 0.2) is 34.6 Å². The van der Waals surface area contributed by atoms with Crippen molar-refractivity contribution in [2.45, 2.75) is 26.3 Å². The topological polar surface area (TPSA) is 56.7 Å². The van der Waals surface area contributed by atoms with Crippen molar-refractivity contribution in [1.82, 2.24) is 9.88 Å². The molecule has 0 spiro atoms. The molecule has 2 heterocycles. The van der Waals surface area contributed by atoms with Crippen molar-refractivity contribution in [2.24, 2.45) is 0 Å². The van der Waals surface area contributed by atoms with Gasteiger partial charge >= 0.3 is 0 Å². The van der Waals surface area contributed by atoms with Crippen molar-refractivity contribution in [3.05, 3.63) is 51.1 Å². The molecular weight excluding hydrogens is 322 g/mol. The summed E-state index contributed by atoms with van der Waals surface area (Å²) in [6.07, 6.45) is 1.83. The van der Waals surface area contributed by atoms with Gasteiger partial charge in [0.1, 0.15) is 0 Å². The van der Waals surface area contributed by atoms with Gasteiger partial charge in [-0.05, 0) is 17.5 Å². The summed E-state index contributed by atoms with van der Waals surface area (Å²) in [7, 11) is 0. The third-order valence-electron chi connectivity index (χ3n) is 4.43. The fraction of sp³-hybridized carbons (Fsp3) is 0.444. The molecular formula is C18H23N3O2S. The van der Waals surface area contributed by atoms with E-state index in [9.17, 15) is 9.90 Å². The van der Waals surface area contributed by atoms with E-state index in [-0.39, 0.29) is 17.1 Å². The lowest BCUT2D eigenvalue weighted by Gasteiger charge is -2.34. The van der Waals surface area contributed by atoms with Crippen molar-refractivity contribution < 1.29 is 5.11 Å². The number of thiazole rings is 1. The van der Waals surface area contributed by atoms with Crippen molar-refractivity contribution >= 4 is 16.5 Å². The highest BCUT2D eigenvalue weighted by Gasteiger charge is 2.19. The monoisotopic (exact) mass is 345 g/mol. The second-order valence-electron chi connectivity index (χ2n) is 6.45. The van der Waals surface area contributed by atoms with E-state index in [0.29, 0.717) is 12.1 Å². The molecule has 1 aromatic heterocycles. The Bertz CT molecular complexity index is 738. The Hall–Kier alpha value is -1.92. The Morgan fingerprint density at radius 3 is 2.62 bits per heavy atom. The normalized spacial score (nSPS) is 15.9. The van der Waals surface area contributed by atoms with Gasteiger partial charge < -0.3 is 10.0 Å². The van der Waals surface area contributed by atoms with Crippen LogP contribution in [0.3, 0.4) is 0 Å². The van der Waals surface area contributed by atoms with E-state index in [1.807, 2.05) is 23.7 Å². The fourth-order valence-electron chi connectivity index (χ4n) is 2.90. The van der Waals surface area contributed by atoms with E-state index in [0.717, 1.165) is 36.9 Å². The summed E-state index contributed by atoms with van der Waals surface area (Å²) in [5, 5.41) is 13.1. The molecule has 0 atom stereocenters. The highest BCUT2D eigenvalue weighted by molar-refractivity contribution is 7.13. The molecule has 6 heteroatoms. The van der Waals surface area contributed by atoms with Crippen molar-refractivity contribution in [2.75, 3.05) is 31.1 Å². The highest BCUT2D eigenvalue weighted by Crippen LogP contribution is 2.20. The first-order valence-corrected chi connectivity index (χ1v) is 9.15. The van der Waals surface area contributed by atoms with Crippen LogP contribution < -0.4 is 10.3 Å². The van der Waals surface area contributed by atoms with Crippen LogP contribution >= 0.6 is 11.3 Å². The summed E-state index contributed by atoms with van der Waals surface area (Å²) in [5.74, 6) is 0.123. The van der Waals surface area contributed by atoms with Crippen LogP contribution in [0.2, 0.25) is 0 Å². The van der Waals surface area contributed by atoms with E-state index in [2.05, 4.69) is 28.6 Å². The number of anilines is 1. The van der Waals surface area contributed by atoms with Crippen LogP contribution in [0.25, 0.3) is 0 Å². The quantitative estimate of drug-likeness (QED) is 0.923. The summed E-state index contributed by atoms with van der Waals surface area (Å²) in [4.78, 5) is 21.3. The lowest BCUT2D eigenvalue weighted by molar-refractivity contribution is 0.249. The van der Waals surface area contributed by atoms with E-state index in [1.54, 1.807) is 17.4 Å². The third-order valence-corrected chi connectivity index (χ3v) is 5.26. The van der Waals surface area contributed by atoms with Gasteiger partial charge in [-0.3, -0.25) is 9.69 Å². The third kappa shape index (κ3) is 3.76. The number of piperazine rings is 1. The Morgan fingerprint density at radius 2 is 2.00 bits per heavy atom. The second-order valence-corrected chi connectivity index (χ2v) is 7.32. The maximum absolute atomic E-state index is 12.4. The lowest BCUT2D eigenvalue weighted by atomic mass is 10.1. The summed E-state index contributed by atoms with van der Waals surface area (Å²) in [5.41, 5.74) is 1.37. The van der Waals surface area contributed by atoms with Gasteiger partial charge in [0.05, 0.1) is 0 Å². The molecule has 2 aromatic rings. The maximum atomic E-state index is 12.4. The van der Waals surface area contributed by atoms with Crippen molar-refractivity contribution in [3.8, 4) is 5.75 Å². The zero-order chi connectivity index (χ0) is 17.1. The molecule has 1 aliphatic rings. The fourth-order valence-corrected chi connectivity index (χ4v) is 3.60. The Labute approximate surface area is 146 Å². The molecule has 3 rings (SSSR count). The van der Waals surface area contributed by atoms with E-state index in [1.165, 1.54) is 0 Å². The zero-order valence-corrected chi connectivity index (χ0v) is 14.9. The summed E-state index contributed by atoms with van der Waals surface area (Å²) in [6.45, 7) is 8.26. The molecule has 1 aliphatic heterocycles. The minimum Gasteiger partial charge on any atom is -0.504 e. The molecule has 5 nitrogen and oxygen atoms in total. The minimum absolute atomic E-state index is 0.153. The average molecular weight is 345 g/mol. The molecule has 1 aromatic carbocycles. The van der Waals surface area contributed by atoms with Crippen molar-refractivity contribution in [1.29, 1.82) is 0 Å².